The van der Waals surface area contributed by atoms with E-state index >= 15 is 0 Å². The molecule has 0 saturated heterocycles. The van der Waals surface area contributed by atoms with Gasteiger partial charge in [-0.1, -0.05) is 91.0 Å². The molecule has 8 rings (SSSR count). The average Bonchev–Trinajstić information content (AvgIpc) is 3.35. The Bertz CT molecular complexity index is 2060. The van der Waals surface area contributed by atoms with E-state index in [4.69, 9.17) is 0 Å². The summed E-state index contributed by atoms with van der Waals surface area (Å²) in [5.74, 6) is 0. The first-order valence-corrected chi connectivity index (χ1v) is 13.2. The molecule has 0 bridgehead atoms. The Kier molecular flexibility index (Phi) is 4.82. The Hall–Kier alpha value is -5.28. The normalized spacial score (nSPS) is 11.6. The topological polar surface area (TPSA) is 30.7 Å². The van der Waals surface area contributed by atoms with Crippen molar-refractivity contribution in [2.75, 3.05) is 0 Å². The second-order valence-electron chi connectivity index (χ2n) is 9.84. The minimum absolute atomic E-state index is 0.918. The molecule has 0 spiro atoms. The van der Waals surface area contributed by atoms with Crippen LogP contribution in [0.3, 0.4) is 0 Å². The molecule has 0 N–H and O–H groups in total. The van der Waals surface area contributed by atoms with Gasteiger partial charge < -0.3 is 4.57 Å². The van der Waals surface area contributed by atoms with Gasteiger partial charge in [-0.25, -0.2) is 0 Å². The van der Waals surface area contributed by atoms with Crippen molar-refractivity contribution in [3.8, 4) is 27.9 Å². The zero-order chi connectivity index (χ0) is 25.8. The van der Waals surface area contributed by atoms with E-state index in [2.05, 4.69) is 130 Å². The monoisotopic (exact) mass is 497 g/mol. The number of hydrogen-bond donors (Lipinski definition) is 0. The maximum atomic E-state index is 4.67. The zero-order valence-corrected chi connectivity index (χ0v) is 21.1. The molecular weight excluding hydrogens is 474 g/mol. The Morgan fingerprint density at radius 1 is 0.410 bits per heavy atom. The Balaban J connectivity index is 1.45. The molecule has 3 heterocycles. The van der Waals surface area contributed by atoms with Crippen LogP contribution in [0, 0.1) is 0 Å². The van der Waals surface area contributed by atoms with Gasteiger partial charge in [-0.2, -0.15) is 0 Å². The number of hydrogen-bond acceptors (Lipinski definition) is 2. The van der Waals surface area contributed by atoms with Gasteiger partial charge in [-0.3, -0.25) is 9.97 Å². The SMILES string of the molecule is c1ccc(-c2c3ccccc3c(-c3cccc(-n4c5cccnc5c5ncccc54)c3)c3ccccc23)cc1. The minimum atomic E-state index is 0.918. The molecule has 5 aromatic carbocycles. The number of benzene rings is 5. The lowest BCUT2D eigenvalue weighted by atomic mass is 9.86. The molecule has 0 amide bonds. The second kappa shape index (κ2) is 8.64. The maximum Gasteiger partial charge on any atom is 0.115 e. The van der Waals surface area contributed by atoms with Crippen LogP contribution in [0.5, 0.6) is 0 Å². The molecule has 3 aromatic heterocycles. The van der Waals surface area contributed by atoms with E-state index in [1.165, 1.54) is 43.8 Å². The summed E-state index contributed by atoms with van der Waals surface area (Å²) in [4.78, 5) is 9.35. The quantitative estimate of drug-likeness (QED) is 0.228. The molecule has 182 valence electrons. The van der Waals surface area contributed by atoms with Crippen LogP contribution in [0.4, 0.5) is 0 Å². The van der Waals surface area contributed by atoms with Gasteiger partial charge in [-0.05, 0) is 80.2 Å². The largest absolute Gasteiger partial charge is 0.306 e. The Morgan fingerprint density at radius 2 is 0.897 bits per heavy atom. The van der Waals surface area contributed by atoms with Crippen LogP contribution in [0.15, 0.2) is 140 Å². The van der Waals surface area contributed by atoms with Gasteiger partial charge in [-0.15, -0.1) is 0 Å². The van der Waals surface area contributed by atoms with Crippen molar-refractivity contribution in [1.29, 1.82) is 0 Å². The van der Waals surface area contributed by atoms with E-state index < -0.39 is 0 Å². The fraction of sp³-hybridized carbons (Fsp3) is 0. The third-order valence-electron chi connectivity index (χ3n) is 7.67. The predicted molar refractivity (Wildman–Crippen MR) is 162 cm³/mol. The van der Waals surface area contributed by atoms with Crippen molar-refractivity contribution in [2.45, 2.75) is 0 Å². The van der Waals surface area contributed by atoms with Crippen molar-refractivity contribution in [3.63, 3.8) is 0 Å². The summed E-state index contributed by atoms with van der Waals surface area (Å²) in [6.07, 6.45) is 3.67. The van der Waals surface area contributed by atoms with Crippen LogP contribution in [0.2, 0.25) is 0 Å². The number of aromatic nitrogens is 3. The highest BCUT2D eigenvalue weighted by Gasteiger charge is 2.18. The molecule has 3 heteroatoms. The lowest BCUT2D eigenvalue weighted by molar-refractivity contribution is 1.17. The number of pyridine rings is 2. The van der Waals surface area contributed by atoms with Crippen molar-refractivity contribution in [2.24, 2.45) is 0 Å². The van der Waals surface area contributed by atoms with Gasteiger partial charge in [0.25, 0.3) is 0 Å². The summed E-state index contributed by atoms with van der Waals surface area (Å²) >= 11 is 0. The van der Waals surface area contributed by atoms with Crippen LogP contribution in [-0.4, -0.2) is 14.5 Å². The van der Waals surface area contributed by atoms with Crippen molar-refractivity contribution >= 4 is 43.6 Å². The summed E-state index contributed by atoms with van der Waals surface area (Å²) in [6, 6.07) is 45.4. The van der Waals surface area contributed by atoms with E-state index in [0.29, 0.717) is 0 Å². The van der Waals surface area contributed by atoms with Crippen LogP contribution < -0.4 is 0 Å². The molecule has 0 fully saturated rings. The molecule has 3 nitrogen and oxygen atoms in total. The first-order valence-electron chi connectivity index (χ1n) is 13.2. The van der Waals surface area contributed by atoms with E-state index in [-0.39, 0.29) is 0 Å². The van der Waals surface area contributed by atoms with Crippen molar-refractivity contribution in [3.05, 3.63) is 140 Å². The Labute approximate surface area is 225 Å². The fourth-order valence-corrected chi connectivity index (χ4v) is 6.08. The maximum absolute atomic E-state index is 4.67. The summed E-state index contributed by atoms with van der Waals surface area (Å²) in [5.41, 5.74) is 9.98. The minimum Gasteiger partial charge on any atom is -0.306 e. The second-order valence-corrected chi connectivity index (χ2v) is 9.84. The van der Waals surface area contributed by atoms with Crippen LogP contribution in [0.1, 0.15) is 0 Å². The molecule has 39 heavy (non-hydrogen) atoms. The third kappa shape index (κ3) is 3.30. The zero-order valence-electron chi connectivity index (χ0n) is 21.1. The first-order chi connectivity index (χ1) is 19.4. The lowest BCUT2D eigenvalue weighted by Gasteiger charge is -2.18. The van der Waals surface area contributed by atoms with Gasteiger partial charge in [0.1, 0.15) is 11.0 Å². The number of nitrogens with zero attached hydrogens (tertiary/aromatic N) is 3. The van der Waals surface area contributed by atoms with Gasteiger partial charge >= 0.3 is 0 Å². The first kappa shape index (κ1) is 21.8. The highest BCUT2D eigenvalue weighted by Crippen LogP contribution is 2.44. The standard InChI is InChI=1S/C36H23N3/c1-2-11-24(12-3-1)33-27-15-4-6-17-29(27)34(30-18-7-5-16-28(30)33)25-13-8-14-26(23-25)39-31-19-9-21-37-35(31)36-32(39)20-10-22-38-36/h1-23H. The molecule has 0 saturated carbocycles. The van der Waals surface area contributed by atoms with Gasteiger partial charge in [0, 0.05) is 18.1 Å². The molecule has 0 radical (unpaired) electrons. The lowest BCUT2D eigenvalue weighted by Crippen LogP contribution is -1.95. The molecule has 8 aromatic rings. The van der Waals surface area contributed by atoms with Crippen LogP contribution in [-0.2, 0) is 0 Å². The van der Waals surface area contributed by atoms with Crippen LogP contribution >= 0.6 is 0 Å². The molecule has 0 aliphatic carbocycles. The number of rotatable bonds is 3. The summed E-state index contributed by atoms with van der Waals surface area (Å²) in [6.45, 7) is 0. The smallest absolute Gasteiger partial charge is 0.115 e. The molecule has 0 aliphatic heterocycles. The molecule has 0 unspecified atom stereocenters. The van der Waals surface area contributed by atoms with E-state index in [1.807, 2.05) is 24.5 Å². The highest BCUT2D eigenvalue weighted by molar-refractivity contribution is 6.21. The Morgan fingerprint density at radius 3 is 1.46 bits per heavy atom. The molecule has 0 aliphatic rings. The third-order valence-corrected chi connectivity index (χ3v) is 7.67. The van der Waals surface area contributed by atoms with Crippen LogP contribution in [0.25, 0.3) is 71.6 Å². The van der Waals surface area contributed by atoms with E-state index in [9.17, 15) is 0 Å². The molecule has 0 atom stereocenters. The van der Waals surface area contributed by atoms with Gasteiger partial charge in [0.2, 0.25) is 0 Å². The van der Waals surface area contributed by atoms with E-state index in [0.717, 1.165) is 27.8 Å². The predicted octanol–water partition coefficient (Wildman–Crippen LogP) is 9.21. The van der Waals surface area contributed by atoms with E-state index in [1.54, 1.807) is 0 Å². The average molecular weight is 498 g/mol. The van der Waals surface area contributed by atoms with Gasteiger partial charge in [0.15, 0.2) is 0 Å². The summed E-state index contributed by atoms with van der Waals surface area (Å²) < 4.78 is 2.27. The van der Waals surface area contributed by atoms with Gasteiger partial charge in [0.05, 0.1) is 11.0 Å². The summed E-state index contributed by atoms with van der Waals surface area (Å²) in [7, 11) is 0. The molecular formula is C36H23N3. The highest BCUT2D eigenvalue weighted by atomic mass is 15.0. The summed E-state index contributed by atoms with van der Waals surface area (Å²) in [5, 5.41) is 5.01. The fourth-order valence-electron chi connectivity index (χ4n) is 6.08. The number of fused-ring (bicyclic) bond motifs is 5. The van der Waals surface area contributed by atoms with Crippen molar-refractivity contribution < 1.29 is 0 Å². The van der Waals surface area contributed by atoms with Crippen molar-refractivity contribution in [1.82, 2.24) is 14.5 Å².